The number of hydrogen-bond donors (Lipinski definition) is 1. The fourth-order valence-corrected chi connectivity index (χ4v) is 4.25. The first-order valence-electron chi connectivity index (χ1n) is 6.85. The molecule has 1 fully saturated rings. The molecule has 0 aromatic heterocycles. The fraction of sp³-hybridized carbons (Fsp3) is 0.571. The monoisotopic (exact) mass is 300 g/mol. The topological polar surface area (TPSA) is 63.4 Å². The Morgan fingerprint density at radius 3 is 2.80 bits per heavy atom. The van der Waals surface area contributed by atoms with E-state index < -0.39 is 15.8 Å². The summed E-state index contributed by atoms with van der Waals surface area (Å²) in [6.07, 6.45) is 1.68. The summed E-state index contributed by atoms with van der Waals surface area (Å²) < 4.78 is 40.6. The maximum Gasteiger partial charge on any atom is 0.246 e. The summed E-state index contributed by atoms with van der Waals surface area (Å²) in [4.78, 5) is -0.233. The number of benzene rings is 1. The highest BCUT2D eigenvalue weighted by Gasteiger charge is 2.33. The van der Waals surface area contributed by atoms with Crippen LogP contribution in [0.2, 0.25) is 0 Å². The van der Waals surface area contributed by atoms with Gasteiger partial charge in [0, 0.05) is 19.1 Å². The molecule has 6 heteroatoms. The Morgan fingerprint density at radius 1 is 1.45 bits per heavy atom. The van der Waals surface area contributed by atoms with Gasteiger partial charge in [-0.1, -0.05) is 12.1 Å². The van der Waals surface area contributed by atoms with Crippen LogP contribution in [-0.2, 0) is 10.0 Å². The van der Waals surface area contributed by atoms with E-state index in [1.807, 2.05) is 6.92 Å². The summed E-state index contributed by atoms with van der Waals surface area (Å²) in [6.45, 7) is 4.25. The number of halogens is 1. The number of sulfonamides is 1. The van der Waals surface area contributed by atoms with Gasteiger partial charge in [-0.25, -0.2) is 12.8 Å². The number of hydrogen-bond acceptors (Lipinski definition) is 3. The molecule has 2 atom stereocenters. The molecule has 2 N–H and O–H groups in total. The van der Waals surface area contributed by atoms with Crippen LogP contribution in [0.3, 0.4) is 0 Å². The summed E-state index contributed by atoms with van der Waals surface area (Å²) in [6, 6.07) is 4.40. The van der Waals surface area contributed by atoms with Gasteiger partial charge in [0.1, 0.15) is 10.7 Å². The molecule has 1 saturated heterocycles. The first-order valence-corrected chi connectivity index (χ1v) is 8.29. The van der Waals surface area contributed by atoms with E-state index >= 15 is 0 Å². The second kappa shape index (κ2) is 5.79. The molecule has 4 nitrogen and oxygen atoms in total. The number of aryl methyl sites for hydroxylation is 1. The molecule has 0 aliphatic carbocycles. The SMILES string of the molecule is Cc1cccc(S(=O)(=O)N2CCCC(C(C)N)C2)c1F. The molecule has 2 rings (SSSR count). The second-order valence-electron chi connectivity index (χ2n) is 5.51. The first kappa shape index (κ1) is 15.4. The summed E-state index contributed by atoms with van der Waals surface area (Å²) in [5.41, 5.74) is 6.21. The van der Waals surface area contributed by atoms with Crippen LogP contribution in [0.1, 0.15) is 25.3 Å². The van der Waals surface area contributed by atoms with Gasteiger partial charge in [-0.15, -0.1) is 0 Å². The van der Waals surface area contributed by atoms with Crippen LogP contribution in [-0.4, -0.2) is 31.9 Å². The third-order valence-corrected chi connectivity index (χ3v) is 5.82. The van der Waals surface area contributed by atoms with E-state index in [1.54, 1.807) is 19.1 Å². The molecule has 112 valence electrons. The minimum Gasteiger partial charge on any atom is -0.328 e. The normalized spacial score (nSPS) is 22.7. The molecule has 0 saturated carbocycles. The highest BCUT2D eigenvalue weighted by Crippen LogP contribution is 2.27. The number of nitrogens with zero attached hydrogens (tertiary/aromatic N) is 1. The van der Waals surface area contributed by atoms with Crippen molar-refractivity contribution in [1.29, 1.82) is 0 Å². The minimum atomic E-state index is -3.78. The highest BCUT2D eigenvalue weighted by molar-refractivity contribution is 7.89. The van der Waals surface area contributed by atoms with Crippen LogP contribution in [0, 0.1) is 18.7 Å². The molecule has 20 heavy (non-hydrogen) atoms. The van der Waals surface area contributed by atoms with E-state index in [1.165, 1.54) is 10.4 Å². The molecule has 2 unspecified atom stereocenters. The van der Waals surface area contributed by atoms with Crippen molar-refractivity contribution in [1.82, 2.24) is 4.31 Å². The molecule has 1 heterocycles. The lowest BCUT2D eigenvalue weighted by Crippen LogP contribution is -2.45. The second-order valence-corrected chi connectivity index (χ2v) is 7.42. The molecular formula is C14H21FN2O2S. The maximum absolute atomic E-state index is 14.1. The quantitative estimate of drug-likeness (QED) is 0.927. The predicted molar refractivity (Wildman–Crippen MR) is 76.3 cm³/mol. The summed E-state index contributed by atoms with van der Waals surface area (Å²) in [5.74, 6) is -0.526. The van der Waals surface area contributed by atoms with Crippen molar-refractivity contribution in [3.05, 3.63) is 29.6 Å². The van der Waals surface area contributed by atoms with Crippen molar-refractivity contribution in [2.24, 2.45) is 11.7 Å². The van der Waals surface area contributed by atoms with E-state index in [0.29, 0.717) is 18.7 Å². The Hall–Kier alpha value is -0.980. The number of rotatable bonds is 3. The summed E-state index contributed by atoms with van der Waals surface area (Å²) in [5, 5.41) is 0. The van der Waals surface area contributed by atoms with Crippen molar-refractivity contribution in [3.63, 3.8) is 0 Å². The lowest BCUT2D eigenvalue weighted by Gasteiger charge is -2.33. The van der Waals surface area contributed by atoms with Crippen molar-refractivity contribution in [2.75, 3.05) is 13.1 Å². The van der Waals surface area contributed by atoms with Gasteiger partial charge >= 0.3 is 0 Å². The van der Waals surface area contributed by atoms with Crippen LogP contribution in [0.5, 0.6) is 0 Å². The molecular weight excluding hydrogens is 279 g/mol. The van der Waals surface area contributed by atoms with Gasteiger partial charge in [0.25, 0.3) is 0 Å². The Bertz CT molecular complexity index is 587. The van der Waals surface area contributed by atoms with Crippen molar-refractivity contribution < 1.29 is 12.8 Å². The molecule has 0 radical (unpaired) electrons. The summed E-state index contributed by atoms with van der Waals surface area (Å²) in [7, 11) is -3.78. The van der Waals surface area contributed by atoms with Gasteiger partial charge in [-0.2, -0.15) is 4.31 Å². The van der Waals surface area contributed by atoms with E-state index in [9.17, 15) is 12.8 Å². The van der Waals surface area contributed by atoms with Crippen LogP contribution in [0.15, 0.2) is 23.1 Å². The van der Waals surface area contributed by atoms with Gasteiger partial charge in [0.15, 0.2) is 0 Å². The van der Waals surface area contributed by atoms with Gasteiger partial charge in [-0.05, 0) is 44.2 Å². The first-order chi connectivity index (χ1) is 9.34. The molecule has 1 aliphatic rings. The third-order valence-electron chi connectivity index (χ3n) is 3.94. The van der Waals surface area contributed by atoms with E-state index in [4.69, 9.17) is 5.73 Å². The lowest BCUT2D eigenvalue weighted by atomic mass is 9.93. The smallest absolute Gasteiger partial charge is 0.246 e. The third kappa shape index (κ3) is 2.87. The van der Waals surface area contributed by atoms with Crippen LogP contribution in [0.25, 0.3) is 0 Å². The average Bonchev–Trinajstić information content (AvgIpc) is 2.41. The largest absolute Gasteiger partial charge is 0.328 e. The Labute approximate surface area is 119 Å². The Morgan fingerprint density at radius 2 is 2.15 bits per heavy atom. The Balaban J connectivity index is 2.33. The fourth-order valence-electron chi connectivity index (χ4n) is 2.58. The van der Waals surface area contributed by atoms with E-state index in [-0.39, 0.29) is 16.9 Å². The molecule has 0 spiro atoms. The average molecular weight is 300 g/mol. The summed E-state index contributed by atoms with van der Waals surface area (Å²) >= 11 is 0. The van der Waals surface area contributed by atoms with Gasteiger partial charge < -0.3 is 5.73 Å². The minimum absolute atomic E-state index is 0.0599. The zero-order valence-corrected chi connectivity index (χ0v) is 12.7. The highest BCUT2D eigenvalue weighted by atomic mass is 32.2. The lowest BCUT2D eigenvalue weighted by molar-refractivity contribution is 0.242. The van der Waals surface area contributed by atoms with E-state index in [0.717, 1.165) is 12.8 Å². The van der Waals surface area contributed by atoms with E-state index in [2.05, 4.69) is 0 Å². The molecule has 0 amide bonds. The van der Waals surface area contributed by atoms with Crippen molar-refractivity contribution >= 4 is 10.0 Å². The molecule has 1 aromatic rings. The van der Waals surface area contributed by atoms with Gasteiger partial charge in [0.05, 0.1) is 0 Å². The number of piperidine rings is 1. The van der Waals surface area contributed by atoms with Crippen LogP contribution < -0.4 is 5.73 Å². The Kier molecular flexibility index (Phi) is 4.46. The standard InChI is InChI=1S/C14H21FN2O2S/c1-10-5-3-7-13(14(10)15)20(18,19)17-8-4-6-12(9-17)11(2)16/h3,5,7,11-12H,4,6,8-9,16H2,1-2H3. The number of nitrogens with two attached hydrogens (primary N) is 1. The zero-order valence-electron chi connectivity index (χ0n) is 11.8. The van der Waals surface area contributed by atoms with Crippen LogP contribution >= 0.6 is 0 Å². The predicted octanol–water partition coefficient (Wildman–Crippen LogP) is 1.88. The van der Waals surface area contributed by atoms with Crippen molar-refractivity contribution in [2.45, 2.75) is 37.6 Å². The maximum atomic E-state index is 14.1. The van der Waals surface area contributed by atoms with Crippen molar-refractivity contribution in [3.8, 4) is 0 Å². The molecule has 1 aromatic carbocycles. The molecule has 1 aliphatic heterocycles. The zero-order chi connectivity index (χ0) is 14.9. The van der Waals surface area contributed by atoms with Crippen LogP contribution in [0.4, 0.5) is 4.39 Å². The van der Waals surface area contributed by atoms with Gasteiger partial charge in [-0.3, -0.25) is 0 Å². The molecule has 0 bridgehead atoms. The van der Waals surface area contributed by atoms with Gasteiger partial charge in [0.2, 0.25) is 10.0 Å².